The van der Waals surface area contributed by atoms with Crippen molar-refractivity contribution in [3.8, 4) is 0 Å². The van der Waals surface area contributed by atoms with Crippen LogP contribution in [0, 0.1) is 0 Å². The minimum absolute atomic E-state index is 0.0711. The van der Waals surface area contributed by atoms with Crippen LogP contribution in [0.5, 0.6) is 0 Å². The van der Waals surface area contributed by atoms with Gasteiger partial charge in [-0.2, -0.15) is 4.31 Å². The van der Waals surface area contributed by atoms with Crippen LogP contribution in [0.3, 0.4) is 0 Å². The third-order valence-electron chi connectivity index (χ3n) is 5.66. The van der Waals surface area contributed by atoms with E-state index in [1.54, 1.807) is 19.2 Å². The van der Waals surface area contributed by atoms with Gasteiger partial charge in [-0.15, -0.1) is 0 Å². The average Bonchev–Trinajstić information content (AvgIpc) is 2.80. The quantitative estimate of drug-likeness (QED) is 0.726. The Bertz CT molecular complexity index is 936. The molecular weight excluding hydrogens is 402 g/mol. The van der Waals surface area contributed by atoms with Crippen LogP contribution >= 0.6 is 0 Å². The van der Waals surface area contributed by atoms with Crippen LogP contribution in [0.1, 0.15) is 23.7 Å². The summed E-state index contributed by atoms with van der Waals surface area (Å²) in [5.41, 5.74) is 1.20. The normalized spacial score (nSPS) is 16.9. The lowest BCUT2D eigenvalue weighted by atomic mass is 10.2. The lowest BCUT2D eigenvalue weighted by Gasteiger charge is -2.37. The molecule has 8 heteroatoms. The SMILES string of the molecule is CCC(CO)N1CCN(S(=O)(=O)c2ccc(C(=O)N(C)c3ccccc3)cc2)CC1. The monoisotopic (exact) mass is 431 g/mol. The van der Waals surface area contributed by atoms with Crippen LogP contribution in [0.25, 0.3) is 0 Å². The molecule has 3 rings (SSSR count). The molecule has 1 unspecified atom stereocenters. The first-order valence-corrected chi connectivity index (χ1v) is 11.6. The summed E-state index contributed by atoms with van der Waals surface area (Å²) < 4.78 is 27.5. The zero-order valence-corrected chi connectivity index (χ0v) is 18.3. The summed E-state index contributed by atoms with van der Waals surface area (Å²) in [6, 6.07) is 15.5. The largest absolute Gasteiger partial charge is 0.395 e. The molecule has 0 aromatic heterocycles. The maximum absolute atomic E-state index is 13.0. The standard InChI is InChI=1S/C22H29N3O4S/c1-3-19(17-26)24-13-15-25(16-14-24)30(28,29)21-11-9-18(10-12-21)22(27)23(2)20-7-5-4-6-8-20/h4-12,19,26H,3,13-17H2,1-2H3. The molecule has 2 aromatic rings. The topological polar surface area (TPSA) is 81.2 Å². The Kier molecular flexibility index (Phi) is 7.25. The number of carbonyl (C=O) groups excluding carboxylic acids is 1. The van der Waals surface area contributed by atoms with Gasteiger partial charge in [-0.05, 0) is 42.8 Å². The molecule has 1 fully saturated rings. The molecule has 1 amide bonds. The molecular formula is C22H29N3O4S. The van der Waals surface area contributed by atoms with Crippen molar-refractivity contribution in [1.82, 2.24) is 9.21 Å². The Morgan fingerprint density at radius 1 is 1.03 bits per heavy atom. The zero-order chi connectivity index (χ0) is 21.7. The van der Waals surface area contributed by atoms with E-state index in [4.69, 9.17) is 0 Å². The number of hydrogen-bond acceptors (Lipinski definition) is 5. The Morgan fingerprint density at radius 2 is 1.63 bits per heavy atom. The highest BCUT2D eigenvalue weighted by molar-refractivity contribution is 7.89. The highest BCUT2D eigenvalue weighted by Crippen LogP contribution is 2.21. The van der Waals surface area contributed by atoms with Crippen molar-refractivity contribution in [2.75, 3.05) is 44.7 Å². The van der Waals surface area contributed by atoms with Crippen molar-refractivity contribution >= 4 is 21.6 Å². The molecule has 1 aliphatic rings. The fourth-order valence-corrected chi connectivity index (χ4v) is 5.12. The van der Waals surface area contributed by atoms with Gasteiger partial charge in [0.15, 0.2) is 0 Å². The number of hydrogen-bond donors (Lipinski definition) is 1. The number of rotatable bonds is 7. The molecule has 1 aliphatic heterocycles. The Labute approximate surface area is 178 Å². The number of benzene rings is 2. The van der Waals surface area contributed by atoms with Gasteiger partial charge in [-0.1, -0.05) is 25.1 Å². The van der Waals surface area contributed by atoms with E-state index in [0.29, 0.717) is 31.7 Å². The Hall–Kier alpha value is -2.26. The van der Waals surface area contributed by atoms with Crippen LogP contribution in [-0.4, -0.2) is 74.5 Å². The fourth-order valence-electron chi connectivity index (χ4n) is 3.69. The maximum Gasteiger partial charge on any atom is 0.258 e. The molecule has 2 aromatic carbocycles. The Morgan fingerprint density at radius 3 is 2.17 bits per heavy atom. The number of carbonyl (C=O) groups is 1. The van der Waals surface area contributed by atoms with Crippen LogP contribution in [0.2, 0.25) is 0 Å². The van der Waals surface area contributed by atoms with E-state index in [9.17, 15) is 18.3 Å². The predicted molar refractivity (Wildman–Crippen MR) is 117 cm³/mol. The highest BCUT2D eigenvalue weighted by atomic mass is 32.2. The van der Waals surface area contributed by atoms with Crippen LogP contribution in [0.4, 0.5) is 5.69 Å². The number of amides is 1. The average molecular weight is 432 g/mol. The summed E-state index contributed by atoms with van der Waals surface area (Å²) >= 11 is 0. The molecule has 0 saturated carbocycles. The van der Waals surface area contributed by atoms with Gasteiger partial charge in [0.2, 0.25) is 10.0 Å². The molecule has 1 heterocycles. The van der Waals surface area contributed by atoms with Gasteiger partial charge in [0.1, 0.15) is 0 Å². The summed E-state index contributed by atoms with van der Waals surface area (Å²) in [6.45, 7) is 4.05. The smallest absolute Gasteiger partial charge is 0.258 e. The summed E-state index contributed by atoms with van der Waals surface area (Å²) in [5.74, 6) is -0.201. The first kappa shape index (κ1) is 22.4. The molecule has 0 radical (unpaired) electrons. The molecule has 7 nitrogen and oxygen atoms in total. The molecule has 162 valence electrons. The number of sulfonamides is 1. The van der Waals surface area contributed by atoms with E-state index < -0.39 is 10.0 Å². The van der Waals surface area contributed by atoms with E-state index in [1.807, 2.05) is 37.3 Å². The first-order valence-electron chi connectivity index (χ1n) is 10.2. The van der Waals surface area contributed by atoms with E-state index in [2.05, 4.69) is 4.90 Å². The molecule has 1 atom stereocenters. The van der Waals surface area contributed by atoms with E-state index in [1.165, 1.54) is 21.3 Å². The second-order valence-corrected chi connectivity index (χ2v) is 9.35. The van der Waals surface area contributed by atoms with Gasteiger partial charge in [0.05, 0.1) is 11.5 Å². The lowest BCUT2D eigenvalue weighted by molar-refractivity contribution is 0.0881. The molecule has 1 saturated heterocycles. The van der Waals surface area contributed by atoms with E-state index in [0.717, 1.165) is 12.1 Å². The van der Waals surface area contributed by atoms with Crippen molar-refractivity contribution < 1.29 is 18.3 Å². The summed E-state index contributed by atoms with van der Waals surface area (Å²) in [6.07, 6.45) is 0.830. The second-order valence-electron chi connectivity index (χ2n) is 7.41. The number of aliphatic hydroxyl groups excluding tert-OH is 1. The van der Waals surface area contributed by atoms with Gasteiger partial charge >= 0.3 is 0 Å². The maximum atomic E-state index is 13.0. The summed E-state index contributed by atoms with van der Waals surface area (Å²) in [7, 11) is -1.93. The van der Waals surface area contributed by atoms with E-state index in [-0.39, 0.29) is 23.5 Å². The van der Waals surface area contributed by atoms with Crippen LogP contribution in [0.15, 0.2) is 59.5 Å². The van der Waals surface area contributed by atoms with Gasteiger partial charge in [0.25, 0.3) is 5.91 Å². The number of nitrogens with zero attached hydrogens (tertiary/aromatic N) is 3. The first-order chi connectivity index (χ1) is 14.4. The van der Waals surface area contributed by atoms with Crippen LogP contribution < -0.4 is 4.90 Å². The third-order valence-corrected chi connectivity index (χ3v) is 7.57. The minimum Gasteiger partial charge on any atom is -0.395 e. The fraction of sp³-hybridized carbons (Fsp3) is 0.409. The van der Waals surface area contributed by atoms with Crippen molar-refractivity contribution in [3.63, 3.8) is 0 Å². The summed E-state index contributed by atoms with van der Waals surface area (Å²) in [4.78, 5) is 16.6. The Balaban J connectivity index is 1.69. The predicted octanol–water partition coefficient (Wildman–Crippen LogP) is 2.04. The molecule has 0 aliphatic carbocycles. The number of aliphatic hydroxyl groups is 1. The van der Waals surface area contributed by atoms with Crippen molar-refractivity contribution in [3.05, 3.63) is 60.2 Å². The van der Waals surface area contributed by atoms with E-state index >= 15 is 0 Å². The molecule has 30 heavy (non-hydrogen) atoms. The second kappa shape index (κ2) is 9.70. The molecule has 0 spiro atoms. The van der Waals surface area contributed by atoms with Crippen molar-refractivity contribution in [2.24, 2.45) is 0 Å². The summed E-state index contributed by atoms with van der Waals surface area (Å²) in [5, 5.41) is 9.46. The van der Waals surface area contributed by atoms with Gasteiger partial charge in [0, 0.05) is 50.5 Å². The number of anilines is 1. The van der Waals surface area contributed by atoms with Gasteiger partial charge in [-0.3, -0.25) is 9.69 Å². The lowest BCUT2D eigenvalue weighted by Crippen LogP contribution is -2.52. The minimum atomic E-state index is -3.62. The third kappa shape index (κ3) is 4.73. The number of para-hydroxylation sites is 1. The van der Waals surface area contributed by atoms with Crippen LogP contribution in [-0.2, 0) is 10.0 Å². The number of piperazine rings is 1. The van der Waals surface area contributed by atoms with Crippen molar-refractivity contribution in [1.29, 1.82) is 0 Å². The molecule has 1 N–H and O–H groups in total. The van der Waals surface area contributed by atoms with Gasteiger partial charge in [-0.25, -0.2) is 8.42 Å². The highest BCUT2D eigenvalue weighted by Gasteiger charge is 2.30. The zero-order valence-electron chi connectivity index (χ0n) is 17.4. The van der Waals surface area contributed by atoms with Gasteiger partial charge < -0.3 is 10.0 Å². The molecule has 0 bridgehead atoms. The van der Waals surface area contributed by atoms with Crippen molar-refractivity contribution in [2.45, 2.75) is 24.3 Å².